The lowest BCUT2D eigenvalue weighted by Crippen LogP contribution is -2.48. The second kappa shape index (κ2) is 8.34. The molecule has 37 heavy (non-hydrogen) atoms. The summed E-state index contributed by atoms with van der Waals surface area (Å²) in [6.07, 6.45) is 1.24. The highest BCUT2D eigenvalue weighted by Gasteiger charge is 2.47. The van der Waals surface area contributed by atoms with Crippen LogP contribution in [0.4, 0.5) is 5.69 Å². The SMILES string of the molecule is O=C(CCCN1C(=O)c2ccccc2N2C(=O)c3ccccc3[C@@H]12)N1CCc2c([nH]c3ccccc23)C1. The highest BCUT2D eigenvalue weighted by atomic mass is 16.2. The summed E-state index contributed by atoms with van der Waals surface area (Å²) in [7, 11) is 0. The van der Waals surface area contributed by atoms with Crippen LogP contribution in [0, 0.1) is 0 Å². The van der Waals surface area contributed by atoms with E-state index in [4.69, 9.17) is 0 Å². The van der Waals surface area contributed by atoms with Crippen molar-refractivity contribution in [3.63, 3.8) is 0 Å². The van der Waals surface area contributed by atoms with Crippen molar-refractivity contribution in [2.24, 2.45) is 0 Å². The van der Waals surface area contributed by atoms with Crippen LogP contribution in [-0.2, 0) is 17.8 Å². The number of nitrogens with one attached hydrogen (secondary N) is 1. The van der Waals surface area contributed by atoms with Gasteiger partial charge in [0, 0.05) is 47.2 Å². The first-order valence-corrected chi connectivity index (χ1v) is 12.8. The fourth-order valence-electron chi connectivity index (χ4n) is 6.16. The predicted octanol–water partition coefficient (Wildman–Crippen LogP) is 4.65. The van der Waals surface area contributed by atoms with Crippen molar-refractivity contribution in [1.82, 2.24) is 14.8 Å². The van der Waals surface area contributed by atoms with Crippen molar-refractivity contribution < 1.29 is 14.4 Å². The molecule has 0 spiro atoms. The maximum Gasteiger partial charge on any atom is 0.260 e. The molecule has 0 unspecified atom stereocenters. The van der Waals surface area contributed by atoms with E-state index in [0.29, 0.717) is 49.3 Å². The van der Waals surface area contributed by atoms with Gasteiger partial charge in [-0.15, -0.1) is 0 Å². The van der Waals surface area contributed by atoms with Crippen LogP contribution in [0.2, 0.25) is 0 Å². The maximum atomic E-state index is 13.6. The van der Waals surface area contributed by atoms with E-state index < -0.39 is 6.17 Å². The molecule has 7 rings (SSSR count). The van der Waals surface area contributed by atoms with E-state index in [2.05, 4.69) is 17.1 Å². The van der Waals surface area contributed by atoms with E-state index in [-0.39, 0.29) is 17.7 Å². The van der Waals surface area contributed by atoms with Gasteiger partial charge in [-0.25, -0.2) is 0 Å². The van der Waals surface area contributed by atoms with Gasteiger partial charge in [0.2, 0.25) is 5.91 Å². The Kier molecular flexibility index (Phi) is 4.92. The average Bonchev–Trinajstić information content (AvgIpc) is 3.45. The number of aromatic nitrogens is 1. The number of benzene rings is 3. The van der Waals surface area contributed by atoms with Gasteiger partial charge in [0.1, 0.15) is 6.17 Å². The van der Waals surface area contributed by atoms with Crippen LogP contribution in [0.3, 0.4) is 0 Å². The number of hydrogen-bond donors (Lipinski definition) is 1. The number of hydrogen-bond acceptors (Lipinski definition) is 3. The highest BCUT2D eigenvalue weighted by molar-refractivity contribution is 6.16. The number of carbonyl (C=O) groups excluding carboxylic acids is 3. The molecule has 4 aromatic rings. The Labute approximate surface area is 214 Å². The second-order valence-electron chi connectivity index (χ2n) is 9.95. The molecular formula is C30H26N4O3. The van der Waals surface area contributed by atoms with Crippen LogP contribution in [0.15, 0.2) is 72.8 Å². The van der Waals surface area contributed by atoms with E-state index in [9.17, 15) is 14.4 Å². The summed E-state index contributed by atoms with van der Waals surface area (Å²) < 4.78 is 0. The molecule has 7 heteroatoms. The third-order valence-electron chi connectivity index (χ3n) is 7.91. The van der Waals surface area contributed by atoms with Gasteiger partial charge in [0.15, 0.2) is 0 Å². The standard InChI is InChI=1S/C30H26N4O3/c35-27(32-17-15-20-19-8-3-5-12-24(19)31-25(20)18-32)14-7-16-33-28-21-9-1-2-10-22(21)30(37)34(28)26-13-6-4-11-23(26)29(33)36/h1-6,8-13,28,31H,7,14-18H2/t28-/m0/s1. The van der Waals surface area contributed by atoms with E-state index in [1.165, 1.54) is 10.9 Å². The highest BCUT2D eigenvalue weighted by Crippen LogP contribution is 2.45. The zero-order valence-electron chi connectivity index (χ0n) is 20.3. The number of amides is 3. The summed E-state index contributed by atoms with van der Waals surface area (Å²) >= 11 is 0. The van der Waals surface area contributed by atoms with Crippen molar-refractivity contribution in [2.45, 2.75) is 32.0 Å². The number of rotatable bonds is 4. The smallest absolute Gasteiger partial charge is 0.260 e. The first-order valence-electron chi connectivity index (χ1n) is 12.8. The topological polar surface area (TPSA) is 76.7 Å². The van der Waals surface area contributed by atoms with Gasteiger partial charge in [-0.1, -0.05) is 48.5 Å². The minimum Gasteiger partial charge on any atom is -0.357 e. The summed E-state index contributed by atoms with van der Waals surface area (Å²) in [5.41, 5.74) is 6.16. The minimum atomic E-state index is -0.481. The molecule has 3 aromatic carbocycles. The molecule has 0 bridgehead atoms. The van der Waals surface area contributed by atoms with Crippen molar-refractivity contribution in [2.75, 3.05) is 18.0 Å². The largest absolute Gasteiger partial charge is 0.357 e. The summed E-state index contributed by atoms with van der Waals surface area (Å²) in [4.78, 5) is 48.9. The summed E-state index contributed by atoms with van der Waals surface area (Å²) in [5, 5.41) is 1.24. The van der Waals surface area contributed by atoms with Crippen molar-refractivity contribution in [3.05, 3.63) is 101 Å². The lowest BCUT2D eigenvalue weighted by Gasteiger charge is -2.41. The number of carbonyl (C=O) groups is 3. The average molecular weight is 491 g/mol. The quantitative estimate of drug-likeness (QED) is 0.453. The molecule has 0 saturated carbocycles. The van der Waals surface area contributed by atoms with Gasteiger partial charge in [0.25, 0.3) is 11.8 Å². The van der Waals surface area contributed by atoms with Gasteiger partial charge >= 0.3 is 0 Å². The number of anilines is 1. The summed E-state index contributed by atoms with van der Waals surface area (Å²) in [5.74, 6) is -0.104. The molecule has 3 aliphatic rings. The molecule has 0 aliphatic carbocycles. The lowest BCUT2D eigenvalue weighted by atomic mass is 10.0. The van der Waals surface area contributed by atoms with Crippen molar-refractivity contribution in [3.8, 4) is 0 Å². The zero-order chi connectivity index (χ0) is 25.1. The molecule has 1 atom stereocenters. The Balaban J connectivity index is 1.09. The Morgan fingerprint density at radius 3 is 2.54 bits per heavy atom. The molecule has 3 amide bonds. The van der Waals surface area contributed by atoms with Gasteiger partial charge in [0.05, 0.1) is 17.8 Å². The Morgan fingerprint density at radius 1 is 0.892 bits per heavy atom. The Morgan fingerprint density at radius 2 is 1.65 bits per heavy atom. The Hall–Kier alpha value is -4.39. The Bertz CT molecular complexity index is 1590. The third-order valence-corrected chi connectivity index (χ3v) is 7.91. The maximum absolute atomic E-state index is 13.6. The van der Waals surface area contributed by atoms with Gasteiger partial charge in [-0.2, -0.15) is 0 Å². The molecule has 7 nitrogen and oxygen atoms in total. The molecule has 1 N–H and O–H groups in total. The molecule has 3 aliphatic heterocycles. The fourth-order valence-corrected chi connectivity index (χ4v) is 6.16. The first-order chi connectivity index (χ1) is 18.1. The third kappa shape index (κ3) is 3.30. The van der Waals surface area contributed by atoms with Gasteiger partial charge in [-0.3, -0.25) is 19.3 Å². The lowest BCUT2D eigenvalue weighted by molar-refractivity contribution is -0.132. The van der Waals surface area contributed by atoms with E-state index in [1.54, 1.807) is 15.9 Å². The number of fused-ring (bicyclic) bond motifs is 8. The predicted molar refractivity (Wildman–Crippen MR) is 140 cm³/mol. The molecule has 0 saturated heterocycles. The van der Waals surface area contributed by atoms with Gasteiger partial charge < -0.3 is 14.8 Å². The van der Waals surface area contributed by atoms with Crippen LogP contribution < -0.4 is 4.90 Å². The zero-order valence-corrected chi connectivity index (χ0v) is 20.3. The van der Waals surface area contributed by atoms with E-state index in [1.807, 2.05) is 59.5 Å². The van der Waals surface area contributed by atoms with E-state index >= 15 is 0 Å². The van der Waals surface area contributed by atoms with Crippen LogP contribution in [-0.4, -0.2) is 45.6 Å². The summed E-state index contributed by atoms with van der Waals surface area (Å²) in [6, 6.07) is 23.0. The van der Waals surface area contributed by atoms with Crippen LogP contribution in [0.25, 0.3) is 10.9 Å². The van der Waals surface area contributed by atoms with Crippen molar-refractivity contribution >= 4 is 34.3 Å². The van der Waals surface area contributed by atoms with Crippen LogP contribution in [0.1, 0.15) is 56.5 Å². The number of para-hydroxylation sites is 2. The molecule has 184 valence electrons. The molecule has 1 aromatic heterocycles. The number of nitrogens with zero attached hydrogens (tertiary/aromatic N) is 3. The monoisotopic (exact) mass is 490 g/mol. The number of H-pyrrole nitrogens is 1. The molecular weight excluding hydrogens is 464 g/mol. The van der Waals surface area contributed by atoms with Crippen molar-refractivity contribution in [1.29, 1.82) is 0 Å². The van der Waals surface area contributed by atoms with Crippen LogP contribution in [0.5, 0.6) is 0 Å². The minimum absolute atomic E-state index is 0.0916. The van der Waals surface area contributed by atoms with E-state index in [0.717, 1.165) is 23.2 Å². The van der Waals surface area contributed by atoms with Crippen LogP contribution >= 0.6 is 0 Å². The molecule has 0 radical (unpaired) electrons. The summed E-state index contributed by atoms with van der Waals surface area (Å²) in [6.45, 7) is 1.67. The molecule has 0 fully saturated rings. The molecule has 4 heterocycles. The second-order valence-corrected chi connectivity index (χ2v) is 9.95. The first kappa shape index (κ1) is 21.9. The number of aromatic amines is 1. The fraction of sp³-hybridized carbons (Fsp3) is 0.233. The normalized spacial score (nSPS) is 18.1. The van der Waals surface area contributed by atoms with Gasteiger partial charge in [-0.05, 0) is 42.7 Å².